The molecule has 0 unspecified atom stereocenters. The average molecular weight is 257 g/mol. The van der Waals surface area contributed by atoms with Crippen LogP contribution in [-0.2, 0) is 6.54 Å². The molecule has 5 heteroatoms. The molecule has 0 radical (unpaired) electrons. The van der Waals surface area contributed by atoms with Crippen LogP contribution in [0.5, 0.6) is 0 Å². The van der Waals surface area contributed by atoms with Crippen molar-refractivity contribution in [3.63, 3.8) is 0 Å². The van der Waals surface area contributed by atoms with Gasteiger partial charge in [-0.25, -0.2) is 5.10 Å². The molecule has 18 heavy (non-hydrogen) atoms. The summed E-state index contributed by atoms with van der Waals surface area (Å²) in [4.78, 5) is 0. The third kappa shape index (κ3) is 1.93. The van der Waals surface area contributed by atoms with Crippen molar-refractivity contribution in [2.24, 2.45) is 0 Å². The van der Waals surface area contributed by atoms with Gasteiger partial charge in [0.25, 0.3) is 6.33 Å². The number of rotatable bonds is 2. The molecule has 2 aromatic heterocycles. The topological polar surface area (TPSA) is 37.7 Å². The van der Waals surface area contributed by atoms with Crippen LogP contribution in [0.15, 0.2) is 42.7 Å². The number of nitrogens with zero attached hydrogens (tertiary/aromatic N) is 3. The predicted molar refractivity (Wildman–Crippen MR) is 70.9 cm³/mol. The maximum atomic E-state index is 5.40. The van der Waals surface area contributed by atoms with Crippen molar-refractivity contribution in [3.8, 4) is 0 Å². The number of hydrogen-bond acceptors (Lipinski definition) is 2. The van der Waals surface area contributed by atoms with Crippen LogP contribution in [0.2, 0.25) is 0 Å². The van der Waals surface area contributed by atoms with Crippen molar-refractivity contribution < 1.29 is 4.52 Å². The lowest BCUT2D eigenvalue weighted by Gasteiger charge is -1.97. The van der Waals surface area contributed by atoms with E-state index in [9.17, 15) is 0 Å². The fraction of sp³-hybridized carbons (Fsp3) is 0.154. The highest BCUT2D eigenvalue weighted by Crippen LogP contribution is 2.05. The third-order valence-corrected chi connectivity index (χ3v) is 3.12. The number of nitrogens with one attached hydrogen (secondary N) is 1. The second kappa shape index (κ2) is 4.34. The van der Waals surface area contributed by atoms with Crippen LogP contribution >= 0.6 is 12.2 Å². The van der Waals surface area contributed by atoms with Crippen molar-refractivity contribution in [3.05, 3.63) is 58.5 Å². The number of aromatic amines is 1. The smallest absolute Gasteiger partial charge is 0.249 e. The van der Waals surface area contributed by atoms with Crippen LogP contribution in [-0.4, -0.2) is 14.9 Å². The lowest BCUT2D eigenvalue weighted by atomic mass is 10.2. The minimum atomic E-state index is 0.720. The number of fused-ring (bicyclic) bond motifs is 1. The summed E-state index contributed by atoms with van der Waals surface area (Å²) in [6.07, 6.45) is 1.75. The van der Waals surface area contributed by atoms with Crippen molar-refractivity contribution in [1.82, 2.24) is 14.9 Å². The van der Waals surface area contributed by atoms with Gasteiger partial charge in [0, 0.05) is 10.8 Å². The van der Waals surface area contributed by atoms with E-state index in [1.807, 2.05) is 40.4 Å². The lowest BCUT2D eigenvalue weighted by molar-refractivity contribution is -0.582. The quantitative estimate of drug-likeness (QED) is 0.563. The summed E-state index contributed by atoms with van der Waals surface area (Å²) in [5, 5.41) is 7.58. The number of aryl methyl sites for hydroxylation is 1. The maximum absolute atomic E-state index is 5.40. The SMILES string of the molecule is Cc1cc(=S)c2n(Cc3ccccc3)nc[n+]2[nH]1. The second-order valence-electron chi connectivity index (χ2n) is 4.27. The molecule has 0 atom stereocenters. The zero-order valence-electron chi connectivity index (χ0n) is 10.00. The van der Waals surface area contributed by atoms with E-state index in [1.165, 1.54) is 5.56 Å². The van der Waals surface area contributed by atoms with Gasteiger partial charge < -0.3 is 0 Å². The summed E-state index contributed by atoms with van der Waals surface area (Å²) < 4.78 is 4.58. The summed E-state index contributed by atoms with van der Waals surface area (Å²) in [5.74, 6) is 0. The summed E-state index contributed by atoms with van der Waals surface area (Å²) in [5.41, 5.74) is 3.15. The Labute approximate surface area is 110 Å². The molecular formula is C13H13N4S+. The average Bonchev–Trinajstić information content (AvgIpc) is 2.73. The number of H-pyrrole nitrogens is 1. The van der Waals surface area contributed by atoms with Crippen molar-refractivity contribution in [1.29, 1.82) is 0 Å². The summed E-state index contributed by atoms with van der Waals surface area (Å²) in [6.45, 7) is 2.70. The standard InChI is InChI=1S/C13H12N4S/c1-10-7-12(18)13-16(14-9-17(13)15-10)8-11-5-3-2-4-6-11/h2-7,9H,8H2,1H3/p+1. The van der Waals surface area contributed by atoms with Crippen LogP contribution < -0.4 is 4.52 Å². The van der Waals surface area contributed by atoms with Crippen LogP contribution in [0.4, 0.5) is 0 Å². The van der Waals surface area contributed by atoms with Gasteiger partial charge in [0.2, 0.25) is 0 Å². The van der Waals surface area contributed by atoms with E-state index in [4.69, 9.17) is 12.2 Å². The zero-order chi connectivity index (χ0) is 12.5. The van der Waals surface area contributed by atoms with Gasteiger partial charge in [-0.3, -0.25) is 0 Å². The van der Waals surface area contributed by atoms with Crippen molar-refractivity contribution >= 4 is 17.9 Å². The van der Waals surface area contributed by atoms with Gasteiger partial charge in [0.05, 0.1) is 0 Å². The minimum Gasteiger partial charge on any atom is -0.249 e. The van der Waals surface area contributed by atoms with Gasteiger partial charge >= 0.3 is 5.65 Å². The first kappa shape index (κ1) is 11.1. The molecule has 0 aliphatic rings. The zero-order valence-corrected chi connectivity index (χ0v) is 10.8. The van der Waals surface area contributed by atoms with E-state index < -0.39 is 0 Å². The second-order valence-corrected chi connectivity index (χ2v) is 4.71. The molecule has 3 aromatic rings. The molecule has 90 valence electrons. The van der Waals surface area contributed by atoms with Crippen LogP contribution in [0.1, 0.15) is 11.3 Å². The molecule has 3 rings (SSSR count). The van der Waals surface area contributed by atoms with Crippen LogP contribution in [0.25, 0.3) is 5.65 Å². The first-order valence-corrected chi connectivity index (χ1v) is 6.16. The van der Waals surface area contributed by atoms with Crippen molar-refractivity contribution in [2.75, 3.05) is 0 Å². The molecule has 0 spiro atoms. The largest absolute Gasteiger partial charge is 0.301 e. The number of aromatic nitrogens is 4. The molecule has 2 heterocycles. The summed E-state index contributed by atoms with van der Waals surface area (Å²) >= 11 is 5.40. The Morgan fingerprint density at radius 1 is 1.33 bits per heavy atom. The monoisotopic (exact) mass is 257 g/mol. The molecule has 1 aromatic carbocycles. The van der Waals surface area contributed by atoms with Gasteiger partial charge in [-0.2, -0.15) is 0 Å². The molecule has 0 aliphatic carbocycles. The Morgan fingerprint density at radius 3 is 2.89 bits per heavy atom. The summed E-state index contributed by atoms with van der Waals surface area (Å²) in [6, 6.07) is 12.2. The Balaban J connectivity index is 2.11. The molecule has 0 saturated heterocycles. The Hall–Kier alpha value is -2.01. The van der Waals surface area contributed by atoms with Crippen LogP contribution in [0, 0.1) is 11.4 Å². The van der Waals surface area contributed by atoms with Gasteiger partial charge in [-0.15, -0.1) is 9.20 Å². The highest BCUT2D eigenvalue weighted by molar-refractivity contribution is 7.71. The normalized spacial score (nSPS) is 10.9. The highest BCUT2D eigenvalue weighted by atomic mass is 32.1. The van der Waals surface area contributed by atoms with Gasteiger partial charge in [-0.1, -0.05) is 42.5 Å². The molecule has 4 nitrogen and oxygen atoms in total. The maximum Gasteiger partial charge on any atom is 0.301 e. The molecule has 0 aliphatic heterocycles. The Morgan fingerprint density at radius 2 is 2.11 bits per heavy atom. The molecular weight excluding hydrogens is 244 g/mol. The third-order valence-electron chi connectivity index (χ3n) is 2.82. The minimum absolute atomic E-state index is 0.720. The van der Waals surface area contributed by atoms with E-state index in [2.05, 4.69) is 22.3 Å². The van der Waals surface area contributed by atoms with E-state index in [-0.39, 0.29) is 0 Å². The molecule has 0 bridgehead atoms. The van der Waals surface area contributed by atoms with Gasteiger partial charge in [-0.05, 0) is 18.6 Å². The van der Waals surface area contributed by atoms with E-state index >= 15 is 0 Å². The number of benzene rings is 1. The Bertz CT molecular complexity index is 743. The first-order chi connectivity index (χ1) is 8.74. The van der Waals surface area contributed by atoms with Crippen LogP contribution in [0.3, 0.4) is 0 Å². The predicted octanol–water partition coefficient (Wildman–Crippen LogP) is 2.04. The van der Waals surface area contributed by atoms with E-state index in [1.54, 1.807) is 6.33 Å². The molecule has 0 fully saturated rings. The summed E-state index contributed by atoms with van der Waals surface area (Å²) in [7, 11) is 0. The van der Waals surface area contributed by atoms with Gasteiger partial charge in [0.1, 0.15) is 11.1 Å². The fourth-order valence-electron chi connectivity index (χ4n) is 2.03. The highest BCUT2D eigenvalue weighted by Gasteiger charge is 2.14. The Kier molecular flexibility index (Phi) is 2.68. The van der Waals surface area contributed by atoms with E-state index in [0.29, 0.717) is 0 Å². The lowest BCUT2D eigenvalue weighted by Crippen LogP contribution is -2.26. The number of hydrogen-bond donors (Lipinski definition) is 1. The fourth-order valence-corrected chi connectivity index (χ4v) is 2.41. The molecule has 1 N–H and O–H groups in total. The molecule has 0 amide bonds. The first-order valence-electron chi connectivity index (χ1n) is 5.75. The van der Waals surface area contributed by atoms with E-state index in [0.717, 1.165) is 22.4 Å². The van der Waals surface area contributed by atoms with Crippen molar-refractivity contribution in [2.45, 2.75) is 13.5 Å². The van der Waals surface area contributed by atoms with Gasteiger partial charge in [0.15, 0.2) is 0 Å². The molecule has 0 saturated carbocycles.